The maximum atomic E-state index is 10.3. The van der Waals surface area contributed by atoms with E-state index in [0.29, 0.717) is 30.4 Å². The normalized spacial score (nSPS) is 10.9. The summed E-state index contributed by atoms with van der Waals surface area (Å²) in [5.41, 5.74) is 3.09. The lowest BCUT2D eigenvalue weighted by Crippen LogP contribution is -2.37. The number of para-hydroxylation sites is 1. The lowest BCUT2D eigenvalue weighted by atomic mass is 10.1. The molecule has 2 aromatic carbocycles. The average molecular weight is 521 g/mol. The molecule has 7 nitrogen and oxygen atoms in total. The van der Waals surface area contributed by atoms with Crippen LogP contribution in [0.4, 0.5) is 0 Å². The Morgan fingerprint density at radius 2 is 1.83 bits per heavy atom. The van der Waals surface area contributed by atoms with Crippen molar-refractivity contribution in [3.63, 3.8) is 0 Å². The van der Waals surface area contributed by atoms with Crippen LogP contribution < -0.4 is 15.4 Å². The van der Waals surface area contributed by atoms with E-state index in [2.05, 4.69) is 32.9 Å². The molecule has 3 N–H and O–H groups in total. The van der Waals surface area contributed by atoms with Crippen LogP contribution in [0.2, 0.25) is 0 Å². The monoisotopic (exact) mass is 521 g/mol. The highest BCUT2D eigenvalue weighted by Crippen LogP contribution is 2.29. The highest BCUT2D eigenvalue weighted by atomic mass is 127. The number of hydrogen-bond donors (Lipinski definition) is 3. The molecule has 0 aliphatic heterocycles. The number of phenols is 1. The number of benzene rings is 2. The summed E-state index contributed by atoms with van der Waals surface area (Å²) in [5, 5.41) is 21.2. The first-order valence-corrected chi connectivity index (χ1v) is 9.62. The molecule has 0 aliphatic rings. The molecule has 8 heteroatoms. The second-order valence-electron chi connectivity index (χ2n) is 6.49. The van der Waals surface area contributed by atoms with Gasteiger partial charge in [0, 0.05) is 31.0 Å². The highest BCUT2D eigenvalue weighted by molar-refractivity contribution is 14.0. The van der Waals surface area contributed by atoms with E-state index < -0.39 is 0 Å². The maximum absolute atomic E-state index is 10.3. The Labute approximate surface area is 194 Å². The number of aromatic nitrogens is 2. The van der Waals surface area contributed by atoms with Crippen molar-refractivity contribution in [1.82, 2.24) is 20.4 Å². The number of halogens is 1. The van der Waals surface area contributed by atoms with Gasteiger partial charge in [0.1, 0.15) is 0 Å². The first-order chi connectivity index (χ1) is 14.2. The number of hydrogen-bond acceptors (Lipinski definition) is 4. The molecule has 0 saturated carbocycles. The lowest BCUT2D eigenvalue weighted by molar-refractivity contribution is 0.370. The Kier molecular flexibility index (Phi) is 9.46. The van der Waals surface area contributed by atoms with Gasteiger partial charge in [-0.1, -0.05) is 36.4 Å². The standard InChI is InChI=1S/C22H27N5O2.HI/c1-3-23-22(25-15-18-10-6-11-20(29-2)21(18)28)24-14-17-8-4-5-9-19(17)16-27-13-7-12-26-27;/h4-13,28H,3,14-16H2,1-2H3,(H2,23,24,25);1H. The molecule has 30 heavy (non-hydrogen) atoms. The maximum Gasteiger partial charge on any atom is 0.191 e. The topological polar surface area (TPSA) is 83.7 Å². The van der Waals surface area contributed by atoms with E-state index in [-0.39, 0.29) is 29.7 Å². The van der Waals surface area contributed by atoms with Crippen molar-refractivity contribution >= 4 is 29.9 Å². The van der Waals surface area contributed by atoms with Crippen LogP contribution in [0.3, 0.4) is 0 Å². The summed E-state index contributed by atoms with van der Waals surface area (Å²) in [7, 11) is 1.54. The van der Waals surface area contributed by atoms with Gasteiger partial charge in [0.05, 0.1) is 20.2 Å². The summed E-state index contributed by atoms with van der Waals surface area (Å²) in [4.78, 5) is 4.60. The van der Waals surface area contributed by atoms with E-state index in [1.807, 2.05) is 48.1 Å². The van der Waals surface area contributed by atoms with Crippen LogP contribution in [0.1, 0.15) is 23.6 Å². The molecule has 160 valence electrons. The molecule has 0 atom stereocenters. The van der Waals surface area contributed by atoms with Gasteiger partial charge in [0.25, 0.3) is 0 Å². The molecule has 3 aromatic rings. The molecule has 0 bridgehead atoms. The zero-order chi connectivity index (χ0) is 20.5. The summed E-state index contributed by atoms with van der Waals surface area (Å²) >= 11 is 0. The third-order valence-electron chi connectivity index (χ3n) is 4.51. The van der Waals surface area contributed by atoms with E-state index in [9.17, 15) is 5.11 Å². The third kappa shape index (κ3) is 6.38. The zero-order valence-electron chi connectivity index (χ0n) is 17.2. The molecule has 0 unspecified atom stereocenters. The minimum atomic E-state index is 0. The van der Waals surface area contributed by atoms with Gasteiger partial charge in [-0.05, 0) is 30.2 Å². The van der Waals surface area contributed by atoms with Crippen molar-refractivity contribution in [2.24, 2.45) is 4.99 Å². The van der Waals surface area contributed by atoms with Gasteiger partial charge >= 0.3 is 0 Å². The SMILES string of the molecule is CCNC(=NCc1cccc(OC)c1O)NCc1ccccc1Cn1cccn1.I. The number of nitrogens with one attached hydrogen (secondary N) is 2. The van der Waals surface area contributed by atoms with Gasteiger partial charge in [0.15, 0.2) is 17.5 Å². The van der Waals surface area contributed by atoms with Crippen molar-refractivity contribution in [1.29, 1.82) is 0 Å². The van der Waals surface area contributed by atoms with Crippen LogP contribution in [-0.2, 0) is 19.6 Å². The number of nitrogens with zero attached hydrogens (tertiary/aromatic N) is 3. The van der Waals surface area contributed by atoms with E-state index >= 15 is 0 Å². The van der Waals surface area contributed by atoms with Gasteiger partial charge in [-0.3, -0.25) is 4.68 Å². The van der Waals surface area contributed by atoms with Crippen molar-refractivity contribution in [2.45, 2.75) is 26.6 Å². The summed E-state index contributed by atoms with van der Waals surface area (Å²) in [5.74, 6) is 1.26. The molecule has 0 fully saturated rings. The number of aromatic hydroxyl groups is 1. The van der Waals surface area contributed by atoms with Crippen LogP contribution in [0.15, 0.2) is 65.9 Å². The molecule has 0 radical (unpaired) electrons. The first kappa shape index (κ1) is 23.5. The Hall–Kier alpha value is -2.75. The second-order valence-corrected chi connectivity index (χ2v) is 6.49. The van der Waals surface area contributed by atoms with E-state index in [4.69, 9.17) is 4.74 Å². The molecule has 0 saturated heterocycles. The molecule has 3 rings (SSSR count). The Balaban J connectivity index is 0.00000320. The Morgan fingerprint density at radius 3 is 2.53 bits per heavy atom. The van der Waals surface area contributed by atoms with Crippen LogP contribution in [0.25, 0.3) is 0 Å². The predicted molar refractivity (Wildman–Crippen MR) is 130 cm³/mol. The largest absolute Gasteiger partial charge is 0.504 e. The molecular weight excluding hydrogens is 493 g/mol. The number of guanidine groups is 1. The van der Waals surface area contributed by atoms with Crippen LogP contribution >= 0.6 is 24.0 Å². The average Bonchev–Trinajstić information content (AvgIpc) is 3.25. The number of rotatable bonds is 8. The van der Waals surface area contributed by atoms with Gasteiger partial charge < -0.3 is 20.5 Å². The Bertz CT molecular complexity index is 944. The fourth-order valence-electron chi connectivity index (χ4n) is 3.00. The summed E-state index contributed by atoms with van der Waals surface area (Å²) in [6.07, 6.45) is 3.74. The molecule has 0 spiro atoms. The van der Waals surface area contributed by atoms with Gasteiger partial charge in [-0.2, -0.15) is 5.10 Å². The van der Waals surface area contributed by atoms with E-state index in [1.54, 1.807) is 12.3 Å². The second kappa shape index (κ2) is 12.1. The molecule has 1 heterocycles. The van der Waals surface area contributed by atoms with Gasteiger partial charge in [-0.15, -0.1) is 24.0 Å². The van der Waals surface area contributed by atoms with Crippen LogP contribution in [-0.4, -0.2) is 34.5 Å². The predicted octanol–water partition coefficient (Wildman–Crippen LogP) is 3.52. The zero-order valence-corrected chi connectivity index (χ0v) is 19.5. The minimum absolute atomic E-state index is 0. The summed E-state index contributed by atoms with van der Waals surface area (Å²) in [6, 6.07) is 15.6. The minimum Gasteiger partial charge on any atom is -0.504 e. The number of methoxy groups -OCH3 is 1. The lowest BCUT2D eigenvalue weighted by Gasteiger charge is -2.14. The highest BCUT2D eigenvalue weighted by Gasteiger charge is 2.08. The number of phenolic OH excluding ortho intramolecular Hbond substituents is 1. The van der Waals surface area contributed by atoms with E-state index in [0.717, 1.165) is 13.1 Å². The van der Waals surface area contributed by atoms with E-state index in [1.165, 1.54) is 18.2 Å². The third-order valence-corrected chi connectivity index (χ3v) is 4.51. The number of aliphatic imine (C=N–C) groups is 1. The van der Waals surface area contributed by atoms with Crippen molar-refractivity contribution < 1.29 is 9.84 Å². The van der Waals surface area contributed by atoms with Gasteiger partial charge in [0.2, 0.25) is 0 Å². The smallest absolute Gasteiger partial charge is 0.191 e. The van der Waals surface area contributed by atoms with Crippen molar-refractivity contribution in [2.75, 3.05) is 13.7 Å². The quantitative estimate of drug-likeness (QED) is 0.240. The summed E-state index contributed by atoms with van der Waals surface area (Å²) < 4.78 is 7.07. The van der Waals surface area contributed by atoms with Crippen molar-refractivity contribution in [3.05, 3.63) is 77.6 Å². The fraction of sp³-hybridized carbons (Fsp3) is 0.273. The van der Waals surface area contributed by atoms with Gasteiger partial charge in [-0.25, -0.2) is 4.99 Å². The molecular formula is C22H28IN5O2. The molecule has 1 aromatic heterocycles. The van der Waals surface area contributed by atoms with Crippen LogP contribution in [0, 0.1) is 0 Å². The first-order valence-electron chi connectivity index (χ1n) is 9.62. The molecule has 0 amide bonds. The number of ether oxygens (including phenoxy) is 1. The van der Waals surface area contributed by atoms with Crippen LogP contribution in [0.5, 0.6) is 11.5 Å². The summed E-state index contributed by atoms with van der Waals surface area (Å²) in [6.45, 7) is 4.45. The van der Waals surface area contributed by atoms with Crippen molar-refractivity contribution in [3.8, 4) is 11.5 Å². The molecule has 0 aliphatic carbocycles. The fourth-order valence-corrected chi connectivity index (χ4v) is 3.00. The Morgan fingerprint density at radius 1 is 1.07 bits per heavy atom.